The van der Waals surface area contributed by atoms with Gasteiger partial charge < -0.3 is 4.74 Å². The summed E-state index contributed by atoms with van der Waals surface area (Å²) in [5, 5.41) is 5.06. The van der Waals surface area contributed by atoms with E-state index in [1.807, 2.05) is 24.3 Å². The lowest BCUT2D eigenvalue weighted by Gasteiger charge is -2.54. The lowest BCUT2D eigenvalue weighted by molar-refractivity contribution is -0.165. The van der Waals surface area contributed by atoms with Crippen LogP contribution in [0.4, 0.5) is 0 Å². The van der Waals surface area contributed by atoms with E-state index in [2.05, 4.69) is 145 Å². The van der Waals surface area contributed by atoms with Crippen LogP contribution in [0.3, 0.4) is 0 Å². The van der Waals surface area contributed by atoms with Crippen LogP contribution in [0.2, 0.25) is 0 Å². The molecular formula is C42H38N2O2. The van der Waals surface area contributed by atoms with Crippen LogP contribution in [0, 0.1) is 5.41 Å². The SMILES string of the molecule is COc1ccc([C@@H]2[C@@H](c3ccccc3)C(=O)[C@@]3(c4ccccc4)C(c4ccccc4)=C(c4ccccc4)[C@@H]4N3N2CC4(C)C)cc1. The summed E-state index contributed by atoms with van der Waals surface area (Å²) in [6.45, 7) is 5.54. The van der Waals surface area contributed by atoms with E-state index in [9.17, 15) is 0 Å². The number of hydrazine groups is 1. The Kier molecular flexibility index (Phi) is 6.82. The van der Waals surface area contributed by atoms with Gasteiger partial charge in [-0.1, -0.05) is 147 Å². The van der Waals surface area contributed by atoms with Crippen molar-refractivity contribution in [2.45, 2.75) is 37.4 Å². The van der Waals surface area contributed by atoms with Crippen molar-refractivity contribution in [1.29, 1.82) is 0 Å². The van der Waals surface area contributed by atoms with Crippen molar-refractivity contribution in [2.75, 3.05) is 13.7 Å². The largest absolute Gasteiger partial charge is 0.497 e. The Bertz CT molecular complexity index is 1900. The molecular weight excluding hydrogens is 564 g/mol. The van der Waals surface area contributed by atoms with Gasteiger partial charge in [0.1, 0.15) is 11.3 Å². The molecule has 0 spiro atoms. The van der Waals surface area contributed by atoms with Crippen LogP contribution in [-0.4, -0.2) is 35.5 Å². The van der Waals surface area contributed by atoms with Gasteiger partial charge in [0.05, 0.1) is 25.1 Å². The van der Waals surface area contributed by atoms with Gasteiger partial charge in [0.15, 0.2) is 5.78 Å². The molecule has 5 aromatic rings. The number of ether oxygens (including phenoxy) is 1. The highest BCUT2D eigenvalue weighted by Crippen LogP contribution is 2.67. The molecule has 46 heavy (non-hydrogen) atoms. The second kappa shape index (κ2) is 10.9. The fourth-order valence-electron chi connectivity index (χ4n) is 8.56. The van der Waals surface area contributed by atoms with Crippen molar-refractivity contribution in [1.82, 2.24) is 10.0 Å². The van der Waals surface area contributed by atoms with Crippen molar-refractivity contribution in [3.8, 4) is 5.75 Å². The van der Waals surface area contributed by atoms with Crippen LogP contribution in [0.15, 0.2) is 146 Å². The third-order valence-corrected chi connectivity index (χ3v) is 10.3. The molecule has 3 heterocycles. The van der Waals surface area contributed by atoms with E-state index in [1.54, 1.807) is 7.11 Å². The number of Topliss-reactive ketones (excluding diaryl/α,β-unsaturated/α-hetero) is 1. The summed E-state index contributed by atoms with van der Waals surface area (Å²) >= 11 is 0. The van der Waals surface area contributed by atoms with Crippen molar-refractivity contribution in [3.05, 3.63) is 173 Å². The van der Waals surface area contributed by atoms with Gasteiger partial charge in [0.2, 0.25) is 0 Å². The highest BCUT2D eigenvalue weighted by atomic mass is 16.5. The molecule has 2 saturated heterocycles. The van der Waals surface area contributed by atoms with E-state index < -0.39 is 11.5 Å². The molecule has 0 bridgehead atoms. The number of carbonyl (C=O) groups is 1. The summed E-state index contributed by atoms with van der Waals surface area (Å²) in [5.74, 6) is 0.588. The van der Waals surface area contributed by atoms with Crippen molar-refractivity contribution < 1.29 is 9.53 Å². The van der Waals surface area contributed by atoms with Gasteiger partial charge in [-0.15, -0.1) is 0 Å². The van der Waals surface area contributed by atoms with E-state index >= 15 is 4.79 Å². The predicted molar refractivity (Wildman–Crippen MR) is 184 cm³/mol. The summed E-state index contributed by atoms with van der Waals surface area (Å²) in [6.07, 6.45) is 0. The van der Waals surface area contributed by atoms with E-state index in [-0.39, 0.29) is 23.3 Å². The Labute approximate surface area is 271 Å². The topological polar surface area (TPSA) is 32.8 Å². The molecule has 4 nitrogen and oxygen atoms in total. The first-order chi connectivity index (χ1) is 22.5. The molecule has 0 N–H and O–H groups in total. The van der Waals surface area contributed by atoms with Gasteiger partial charge in [0, 0.05) is 12.0 Å². The van der Waals surface area contributed by atoms with Crippen molar-refractivity contribution in [3.63, 3.8) is 0 Å². The standard InChI is InChI=1S/C42H38N2O2/c1-41(2)28-43-38(32-24-26-34(46-3)27-25-32)36(30-18-10-5-11-19-30)40(45)42(33-22-14-7-15-23-33)37(31-20-12-6-13-21-31)35(39(41)44(42)43)29-16-8-4-9-17-29/h4-27,36,38-39H,28H2,1-3H3/t36-,38-,39+,42-/m1/s1. The molecule has 0 saturated carbocycles. The zero-order chi connectivity index (χ0) is 31.5. The molecule has 3 aliphatic rings. The molecule has 5 aromatic carbocycles. The number of hydrogen-bond acceptors (Lipinski definition) is 4. The van der Waals surface area contributed by atoms with Crippen LogP contribution < -0.4 is 4.74 Å². The first kappa shape index (κ1) is 28.7. The number of carbonyl (C=O) groups excluding carboxylic acids is 1. The van der Waals surface area contributed by atoms with Gasteiger partial charge in [-0.3, -0.25) is 4.79 Å². The van der Waals surface area contributed by atoms with Crippen molar-refractivity contribution >= 4 is 16.9 Å². The molecule has 0 amide bonds. The maximum absolute atomic E-state index is 16.2. The molecule has 0 aliphatic carbocycles. The number of methoxy groups -OCH3 is 1. The fraction of sp³-hybridized carbons (Fsp3) is 0.214. The quantitative estimate of drug-likeness (QED) is 0.195. The Morgan fingerprint density at radius 3 is 1.78 bits per heavy atom. The second-order valence-corrected chi connectivity index (χ2v) is 13.4. The van der Waals surface area contributed by atoms with Gasteiger partial charge in [-0.2, -0.15) is 0 Å². The average Bonchev–Trinajstić information content (AvgIpc) is 3.59. The Balaban J connectivity index is 1.51. The van der Waals surface area contributed by atoms with Crippen LogP contribution in [-0.2, 0) is 10.3 Å². The molecule has 0 radical (unpaired) electrons. The van der Waals surface area contributed by atoms with Gasteiger partial charge in [-0.25, -0.2) is 10.0 Å². The number of hydrogen-bond donors (Lipinski definition) is 0. The fourth-order valence-corrected chi connectivity index (χ4v) is 8.56. The second-order valence-electron chi connectivity index (χ2n) is 13.4. The van der Waals surface area contributed by atoms with E-state index in [0.717, 1.165) is 45.7 Å². The lowest BCUT2D eigenvalue weighted by Crippen LogP contribution is -2.64. The molecule has 0 aromatic heterocycles. The van der Waals surface area contributed by atoms with Gasteiger partial charge in [-0.05, 0) is 51.1 Å². The third-order valence-electron chi connectivity index (χ3n) is 10.3. The first-order valence-corrected chi connectivity index (χ1v) is 16.2. The van der Waals surface area contributed by atoms with Gasteiger partial charge >= 0.3 is 0 Å². The average molecular weight is 603 g/mol. The predicted octanol–water partition coefficient (Wildman–Crippen LogP) is 8.55. The van der Waals surface area contributed by atoms with Crippen LogP contribution in [0.5, 0.6) is 5.75 Å². The van der Waals surface area contributed by atoms with Crippen LogP contribution in [0.25, 0.3) is 11.1 Å². The smallest absolute Gasteiger partial charge is 0.172 e. The number of rotatable bonds is 6. The summed E-state index contributed by atoms with van der Waals surface area (Å²) in [5.41, 5.74) is 6.49. The monoisotopic (exact) mass is 602 g/mol. The summed E-state index contributed by atoms with van der Waals surface area (Å²) < 4.78 is 5.56. The number of benzene rings is 5. The summed E-state index contributed by atoms with van der Waals surface area (Å²) in [7, 11) is 1.69. The minimum Gasteiger partial charge on any atom is -0.497 e. The minimum absolute atomic E-state index is 0.0354. The normalized spacial score (nSPS) is 25.5. The molecule has 8 rings (SSSR count). The molecule has 0 unspecified atom stereocenters. The minimum atomic E-state index is -1.05. The zero-order valence-corrected chi connectivity index (χ0v) is 26.5. The van der Waals surface area contributed by atoms with E-state index in [0.29, 0.717) is 0 Å². The first-order valence-electron chi connectivity index (χ1n) is 16.2. The number of nitrogens with zero attached hydrogens (tertiary/aromatic N) is 2. The lowest BCUT2D eigenvalue weighted by atomic mass is 9.66. The molecule has 2 fully saturated rings. The van der Waals surface area contributed by atoms with Crippen LogP contribution in [0.1, 0.15) is 53.6 Å². The molecule has 3 aliphatic heterocycles. The molecule has 228 valence electrons. The maximum atomic E-state index is 16.2. The highest BCUT2D eigenvalue weighted by molar-refractivity contribution is 6.15. The highest BCUT2D eigenvalue weighted by Gasteiger charge is 2.71. The van der Waals surface area contributed by atoms with E-state index in [4.69, 9.17) is 4.74 Å². The number of ketones is 1. The molecule has 4 heteroatoms. The summed E-state index contributed by atoms with van der Waals surface area (Å²) in [6, 6.07) is 50.4. The third kappa shape index (κ3) is 4.10. The maximum Gasteiger partial charge on any atom is 0.172 e. The Morgan fingerprint density at radius 1 is 0.652 bits per heavy atom. The Hall–Kier alpha value is -4.77. The summed E-state index contributed by atoms with van der Waals surface area (Å²) in [4.78, 5) is 16.2. The Morgan fingerprint density at radius 2 is 1.20 bits per heavy atom. The molecule has 4 atom stereocenters. The van der Waals surface area contributed by atoms with Gasteiger partial charge in [0.25, 0.3) is 0 Å². The van der Waals surface area contributed by atoms with E-state index in [1.165, 1.54) is 5.57 Å². The van der Waals surface area contributed by atoms with Crippen molar-refractivity contribution in [2.24, 2.45) is 5.41 Å². The van der Waals surface area contributed by atoms with Crippen LogP contribution >= 0.6 is 0 Å². The zero-order valence-electron chi connectivity index (χ0n) is 26.5.